The van der Waals surface area contributed by atoms with E-state index in [2.05, 4.69) is 5.32 Å². The molecule has 0 aliphatic heterocycles. The first-order chi connectivity index (χ1) is 13.8. The quantitative estimate of drug-likeness (QED) is 0.745. The molecule has 0 atom stereocenters. The molecule has 1 aliphatic rings. The van der Waals surface area contributed by atoms with Gasteiger partial charge in [0.25, 0.3) is 0 Å². The van der Waals surface area contributed by atoms with Crippen LogP contribution in [-0.4, -0.2) is 26.2 Å². The summed E-state index contributed by atoms with van der Waals surface area (Å²) in [5.41, 5.74) is 3.92. The van der Waals surface area contributed by atoms with Crippen LogP contribution in [0.25, 0.3) is 0 Å². The Kier molecular flexibility index (Phi) is 6.44. The van der Waals surface area contributed by atoms with E-state index in [9.17, 15) is 13.2 Å². The number of nitrogens with one attached hydrogen (secondary N) is 1. The standard InChI is InChI=1S/C23H29NO4S/c1-17-6-11-21(14-18(17)2)29(26,27)23(12-4-5-13-23)22(25)24-15-19-7-9-20(10-8-19)16-28-3/h6-11,14H,4-5,12-13,15-16H2,1-3H3,(H,24,25). The summed E-state index contributed by atoms with van der Waals surface area (Å²) in [5.74, 6) is -0.394. The summed E-state index contributed by atoms with van der Waals surface area (Å²) in [6, 6.07) is 12.9. The first kappa shape index (κ1) is 21.5. The van der Waals surface area contributed by atoms with E-state index in [1.807, 2.05) is 44.2 Å². The third kappa shape index (κ3) is 4.23. The number of amides is 1. The highest BCUT2D eigenvalue weighted by molar-refractivity contribution is 7.93. The smallest absolute Gasteiger partial charge is 0.242 e. The third-order valence-corrected chi connectivity index (χ3v) is 8.41. The van der Waals surface area contributed by atoms with E-state index in [0.717, 1.165) is 35.1 Å². The Morgan fingerprint density at radius 2 is 1.62 bits per heavy atom. The largest absolute Gasteiger partial charge is 0.380 e. The molecule has 2 aromatic rings. The van der Waals surface area contributed by atoms with Crippen LogP contribution < -0.4 is 5.32 Å². The highest BCUT2D eigenvalue weighted by atomic mass is 32.2. The predicted octanol–water partition coefficient (Wildman–Crippen LogP) is 3.85. The minimum atomic E-state index is -3.79. The fourth-order valence-electron chi connectivity index (χ4n) is 3.93. The summed E-state index contributed by atoms with van der Waals surface area (Å²) < 4.78 is 30.8. The number of methoxy groups -OCH3 is 1. The lowest BCUT2D eigenvalue weighted by Gasteiger charge is -2.28. The van der Waals surface area contributed by atoms with Crippen molar-refractivity contribution in [2.24, 2.45) is 0 Å². The number of ether oxygens (including phenoxy) is 1. The van der Waals surface area contributed by atoms with Crippen molar-refractivity contribution < 1.29 is 17.9 Å². The van der Waals surface area contributed by atoms with E-state index in [0.29, 0.717) is 26.0 Å². The summed E-state index contributed by atoms with van der Waals surface area (Å²) >= 11 is 0. The molecule has 0 unspecified atom stereocenters. The number of sulfone groups is 1. The van der Waals surface area contributed by atoms with Gasteiger partial charge >= 0.3 is 0 Å². The van der Waals surface area contributed by atoms with Crippen LogP contribution in [0.3, 0.4) is 0 Å². The molecular formula is C23H29NO4S. The summed E-state index contributed by atoms with van der Waals surface area (Å²) in [4.78, 5) is 13.4. The molecule has 1 saturated carbocycles. The molecule has 1 N–H and O–H groups in total. The second kappa shape index (κ2) is 8.67. The van der Waals surface area contributed by atoms with E-state index < -0.39 is 20.5 Å². The van der Waals surface area contributed by atoms with Crippen molar-refractivity contribution in [3.63, 3.8) is 0 Å². The number of rotatable bonds is 7. The van der Waals surface area contributed by atoms with Crippen molar-refractivity contribution in [2.45, 2.75) is 62.3 Å². The number of benzene rings is 2. The monoisotopic (exact) mass is 415 g/mol. The van der Waals surface area contributed by atoms with Gasteiger partial charge in [-0.2, -0.15) is 0 Å². The van der Waals surface area contributed by atoms with Crippen LogP contribution in [0.2, 0.25) is 0 Å². The lowest BCUT2D eigenvalue weighted by Crippen LogP contribution is -2.50. The molecule has 1 fully saturated rings. The van der Waals surface area contributed by atoms with Crippen molar-refractivity contribution in [3.8, 4) is 0 Å². The van der Waals surface area contributed by atoms with Crippen LogP contribution in [0.15, 0.2) is 47.4 Å². The summed E-state index contributed by atoms with van der Waals surface area (Å²) in [7, 11) is -2.14. The maximum Gasteiger partial charge on any atom is 0.242 e. The van der Waals surface area contributed by atoms with Gasteiger partial charge in [-0.05, 0) is 61.1 Å². The molecule has 156 valence electrons. The molecule has 1 aliphatic carbocycles. The topological polar surface area (TPSA) is 72.5 Å². The molecule has 1 amide bonds. The van der Waals surface area contributed by atoms with Gasteiger partial charge in [-0.1, -0.05) is 43.2 Å². The maximum atomic E-state index is 13.5. The molecular weight excluding hydrogens is 386 g/mol. The zero-order chi connectivity index (χ0) is 21.1. The normalized spacial score (nSPS) is 16.0. The molecule has 3 rings (SSSR count). The minimum Gasteiger partial charge on any atom is -0.380 e. The number of carbonyl (C=O) groups is 1. The van der Waals surface area contributed by atoms with E-state index in [1.165, 1.54) is 0 Å². The highest BCUT2D eigenvalue weighted by Gasteiger charge is 2.52. The molecule has 0 radical (unpaired) electrons. The van der Waals surface area contributed by atoms with Crippen LogP contribution in [0.1, 0.15) is 47.9 Å². The van der Waals surface area contributed by atoms with E-state index >= 15 is 0 Å². The predicted molar refractivity (Wildman–Crippen MR) is 113 cm³/mol. The van der Waals surface area contributed by atoms with Gasteiger partial charge in [0.05, 0.1) is 11.5 Å². The number of aryl methyl sites for hydroxylation is 2. The van der Waals surface area contributed by atoms with Gasteiger partial charge in [0.1, 0.15) is 0 Å². The summed E-state index contributed by atoms with van der Waals surface area (Å²) in [6.07, 6.45) is 2.20. The highest BCUT2D eigenvalue weighted by Crippen LogP contribution is 2.41. The van der Waals surface area contributed by atoms with E-state index in [4.69, 9.17) is 4.74 Å². The first-order valence-corrected chi connectivity index (χ1v) is 11.5. The van der Waals surface area contributed by atoms with Crippen molar-refractivity contribution in [3.05, 3.63) is 64.7 Å². The molecule has 5 nitrogen and oxygen atoms in total. The zero-order valence-electron chi connectivity index (χ0n) is 17.3. The van der Waals surface area contributed by atoms with Crippen LogP contribution in [-0.2, 0) is 32.5 Å². The number of hydrogen-bond acceptors (Lipinski definition) is 4. The average Bonchev–Trinajstić information content (AvgIpc) is 3.21. The average molecular weight is 416 g/mol. The second-order valence-electron chi connectivity index (χ2n) is 7.88. The van der Waals surface area contributed by atoms with Gasteiger partial charge in [0.15, 0.2) is 14.6 Å². The number of carbonyl (C=O) groups excluding carboxylic acids is 1. The minimum absolute atomic E-state index is 0.238. The Morgan fingerprint density at radius 1 is 1.00 bits per heavy atom. The van der Waals surface area contributed by atoms with Crippen LogP contribution in [0.5, 0.6) is 0 Å². The van der Waals surface area contributed by atoms with Gasteiger partial charge in [-0.15, -0.1) is 0 Å². The van der Waals surface area contributed by atoms with E-state index in [-0.39, 0.29) is 4.90 Å². The molecule has 29 heavy (non-hydrogen) atoms. The maximum absolute atomic E-state index is 13.5. The molecule has 0 aromatic heterocycles. The Hall–Kier alpha value is -2.18. The third-order valence-electron chi connectivity index (χ3n) is 5.92. The zero-order valence-corrected chi connectivity index (χ0v) is 18.1. The van der Waals surface area contributed by atoms with Crippen molar-refractivity contribution >= 4 is 15.7 Å². The Balaban J connectivity index is 1.82. The Bertz CT molecular complexity index is 974. The molecule has 0 heterocycles. The van der Waals surface area contributed by atoms with Crippen molar-refractivity contribution in [1.29, 1.82) is 0 Å². The second-order valence-corrected chi connectivity index (χ2v) is 10.1. The molecule has 0 spiro atoms. The molecule has 6 heteroatoms. The fourth-order valence-corrected chi connectivity index (χ4v) is 6.11. The van der Waals surface area contributed by atoms with E-state index in [1.54, 1.807) is 19.2 Å². The van der Waals surface area contributed by atoms with Gasteiger partial charge in [0.2, 0.25) is 5.91 Å². The first-order valence-electron chi connectivity index (χ1n) is 9.97. The van der Waals surface area contributed by atoms with Crippen LogP contribution in [0.4, 0.5) is 0 Å². The van der Waals surface area contributed by atoms with Crippen LogP contribution >= 0.6 is 0 Å². The van der Waals surface area contributed by atoms with Gasteiger partial charge in [-0.3, -0.25) is 4.79 Å². The van der Waals surface area contributed by atoms with Crippen molar-refractivity contribution in [1.82, 2.24) is 5.32 Å². The van der Waals surface area contributed by atoms with Gasteiger partial charge in [-0.25, -0.2) is 8.42 Å². The molecule has 2 aromatic carbocycles. The lowest BCUT2D eigenvalue weighted by molar-refractivity contribution is -0.123. The van der Waals surface area contributed by atoms with Gasteiger partial charge in [0, 0.05) is 13.7 Å². The summed E-state index contributed by atoms with van der Waals surface area (Å²) in [6.45, 7) is 4.67. The number of hydrogen-bond donors (Lipinski definition) is 1. The SMILES string of the molecule is COCc1ccc(CNC(=O)C2(S(=O)(=O)c3ccc(C)c(C)c3)CCCC2)cc1. The fraction of sp³-hybridized carbons (Fsp3) is 0.435. The molecule has 0 saturated heterocycles. The van der Waals surface area contributed by atoms with Crippen LogP contribution in [0, 0.1) is 13.8 Å². The summed E-state index contributed by atoms with van der Waals surface area (Å²) in [5, 5.41) is 2.89. The Morgan fingerprint density at radius 3 is 2.21 bits per heavy atom. The lowest BCUT2D eigenvalue weighted by atomic mass is 10.1. The van der Waals surface area contributed by atoms with Gasteiger partial charge < -0.3 is 10.1 Å². The molecule has 0 bridgehead atoms. The van der Waals surface area contributed by atoms with Crippen molar-refractivity contribution in [2.75, 3.05) is 7.11 Å². The Labute approximate surface area is 173 Å².